The molecule has 3 aliphatic heterocycles. The Balaban J connectivity index is 1.76. The Hall–Kier alpha value is -0.730. The van der Waals surface area contributed by atoms with Crippen molar-refractivity contribution in [3.63, 3.8) is 0 Å². The van der Waals surface area contributed by atoms with E-state index in [1.165, 1.54) is 6.92 Å². The summed E-state index contributed by atoms with van der Waals surface area (Å²) in [5.41, 5.74) is 0. The molecule has 3 saturated heterocycles. The SMILES string of the molecule is CC(=O)O[C@H]1OCCO[C@@H]2[C@@H]1O[C@@H]1OC(C)(C)O[C@@H]12. The molecule has 0 N–H and O–H groups in total. The molecule has 0 saturated carbocycles. The second-order valence-electron chi connectivity index (χ2n) is 5.25. The van der Waals surface area contributed by atoms with Crippen molar-refractivity contribution in [3.05, 3.63) is 0 Å². The molecule has 0 aromatic heterocycles. The van der Waals surface area contributed by atoms with Gasteiger partial charge in [-0.25, -0.2) is 0 Å². The highest BCUT2D eigenvalue weighted by Gasteiger charge is 2.58. The Morgan fingerprint density at radius 3 is 2.58 bits per heavy atom. The molecule has 7 nitrogen and oxygen atoms in total. The molecule has 3 heterocycles. The van der Waals surface area contributed by atoms with E-state index in [4.69, 9.17) is 28.4 Å². The lowest BCUT2D eigenvalue weighted by molar-refractivity contribution is -0.252. The van der Waals surface area contributed by atoms with Gasteiger partial charge in [0.25, 0.3) is 0 Å². The Bertz CT molecular complexity index is 369. The van der Waals surface area contributed by atoms with Gasteiger partial charge in [0.1, 0.15) is 12.2 Å². The van der Waals surface area contributed by atoms with Crippen LogP contribution in [0.3, 0.4) is 0 Å². The number of rotatable bonds is 1. The molecule has 19 heavy (non-hydrogen) atoms. The molecule has 5 atom stereocenters. The van der Waals surface area contributed by atoms with Gasteiger partial charge in [0, 0.05) is 6.92 Å². The summed E-state index contributed by atoms with van der Waals surface area (Å²) in [6.07, 6.45) is -2.54. The first-order valence-electron chi connectivity index (χ1n) is 6.38. The lowest BCUT2D eigenvalue weighted by Crippen LogP contribution is -2.43. The summed E-state index contributed by atoms with van der Waals surface area (Å²) < 4.78 is 33.4. The van der Waals surface area contributed by atoms with Crippen LogP contribution in [-0.4, -0.2) is 55.9 Å². The number of carbonyl (C=O) groups excluding carboxylic acids is 1. The molecular weight excluding hydrogens is 256 g/mol. The second-order valence-corrected chi connectivity index (χ2v) is 5.25. The van der Waals surface area contributed by atoms with Crippen LogP contribution in [0.5, 0.6) is 0 Å². The fourth-order valence-corrected chi connectivity index (χ4v) is 2.62. The first kappa shape index (κ1) is 13.3. The molecule has 108 valence electrons. The fourth-order valence-electron chi connectivity index (χ4n) is 2.62. The van der Waals surface area contributed by atoms with Gasteiger partial charge in [0.2, 0.25) is 6.29 Å². The molecule has 3 rings (SSSR count). The van der Waals surface area contributed by atoms with Crippen LogP contribution >= 0.6 is 0 Å². The third-order valence-electron chi connectivity index (χ3n) is 3.25. The van der Waals surface area contributed by atoms with Gasteiger partial charge < -0.3 is 28.4 Å². The molecule has 0 aliphatic carbocycles. The van der Waals surface area contributed by atoms with Crippen molar-refractivity contribution in [3.8, 4) is 0 Å². The quantitative estimate of drug-likeness (QED) is 0.631. The van der Waals surface area contributed by atoms with Crippen molar-refractivity contribution in [1.29, 1.82) is 0 Å². The summed E-state index contributed by atoms with van der Waals surface area (Å²) >= 11 is 0. The number of esters is 1. The van der Waals surface area contributed by atoms with E-state index in [2.05, 4.69) is 0 Å². The minimum absolute atomic E-state index is 0.334. The number of carbonyl (C=O) groups is 1. The first-order valence-corrected chi connectivity index (χ1v) is 6.38. The monoisotopic (exact) mass is 274 g/mol. The highest BCUT2D eigenvalue weighted by molar-refractivity contribution is 5.66. The average Bonchev–Trinajstić information content (AvgIpc) is 2.67. The smallest absolute Gasteiger partial charge is 0.305 e. The van der Waals surface area contributed by atoms with Crippen LogP contribution in [0.2, 0.25) is 0 Å². The first-order chi connectivity index (χ1) is 8.96. The van der Waals surface area contributed by atoms with Crippen LogP contribution in [0.25, 0.3) is 0 Å². The lowest BCUT2D eigenvalue weighted by atomic mass is 10.1. The topological polar surface area (TPSA) is 72.5 Å². The minimum atomic E-state index is -0.786. The predicted octanol–water partition coefficient (Wildman–Crippen LogP) is 0.167. The largest absolute Gasteiger partial charge is 0.433 e. The zero-order chi connectivity index (χ0) is 13.6. The van der Waals surface area contributed by atoms with Crippen LogP contribution in [0, 0.1) is 0 Å². The highest BCUT2D eigenvalue weighted by Crippen LogP contribution is 2.40. The van der Waals surface area contributed by atoms with Gasteiger partial charge in [-0.3, -0.25) is 4.79 Å². The Labute approximate surface area is 111 Å². The van der Waals surface area contributed by atoms with Gasteiger partial charge in [-0.15, -0.1) is 0 Å². The molecule has 0 bridgehead atoms. The Morgan fingerprint density at radius 2 is 1.84 bits per heavy atom. The van der Waals surface area contributed by atoms with Crippen molar-refractivity contribution < 1.29 is 33.2 Å². The third kappa shape index (κ3) is 2.48. The van der Waals surface area contributed by atoms with Gasteiger partial charge in [-0.1, -0.05) is 0 Å². The van der Waals surface area contributed by atoms with Gasteiger partial charge in [-0.05, 0) is 13.8 Å². The van der Waals surface area contributed by atoms with E-state index >= 15 is 0 Å². The molecule has 0 spiro atoms. The number of fused-ring (bicyclic) bond motifs is 3. The lowest BCUT2D eigenvalue weighted by Gasteiger charge is -2.27. The maximum absolute atomic E-state index is 11.1. The molecule has 0 amide bonds. The van der Waals surface area contributed by atoms with Gasteiger partial charge in [-0.2, -0.15) is 0 Å². The standard InChI is InChI=1S/C12H18O7/c1-6(13)16-10-8-7(14-4-5-15-10)9-11(17-8)19-12(2,3)18-9/h7-11H,4-5H2,1-3H3/t7-,8+,9-,10-,11-/m1/s1. The molecule has 0 aromatic rings. The molecule has 0 aromatic carbocycles. The van der Waals surface area contributed by atoms with Gasteiger partial charge >= 0.3 is 5.97 Å². The fraction of sp³-hybridized carbons (Fsp3) is 0.917. The molecule has 0 radical (unpaired) electrons. The summed E-state index contributed by atoms with van der Waals surface area (Å²) in [6.45, 7) is 5.71. The Kier molecular flexibility index (Phi) is 3.26. The summed E-state index contributed by atoms with van der Waals surface area (Å²) in [5, 5.41) is 0. The van der Waals surface area contributed by atoms with Crippen molar-refractivity contribution in [2.24, 2.45) is 0 Å². The zero-order valence-electron chi connectivity index (χ0n) is 11.2. The van der Waals surface area contributed by atoms with E-state index in [0.717, 1.165) is 0 Å². The van der Waals surface area contributed by atoms with Crippen molar-refractivity contribution >= 4 is 5.97 Å². The molecule has 3 aliphatic rings. The maximum atomic E-state index is 11.1. The maximum Gasteiger partial charge on any atom is 0.305 e. The summed E-state index contributed by atoms with van der Waals surface area (Å²) in [7, 11) is 0. The molecule has 7 heteroatoms. The van der Waals surface area contributed by atoms with Crippen molar-refractivity contribution in [2.75, 3.05) is 13.2 Å². The normalized spacial score (nSPS) is 44.3. The van der Waals surface area contributed by atoms with Crippen LogP contribution in [-0.2, 0) is 33.2 Å². The van der Waals surface area contributed by atoms with E-state index in [1.54, 1.807) is 0 Å². The van der Waals surface area contributed by atoms with Crippen molar-refractivity contribution in [1.82, 2.24) is 0 Å². The van der Waals surface area contributed by atoms with Crippen LogP contribution in [0.15, 0.2) is 0 Å². The molecular formula is C12H18O7. The number of hydrogen-bond acceptors (Lipinski definition) is 7. The van der Waals surface area contributed by atoms with E-state index in [9.17, 15) is 4.79 Å². The van der Waals surface area contributed by atoms with Crippen LogP contribution < -0.4 is 0 Å². The van der Waals surface area contributed by atoms with Crippen molar-refractivity contribution in [2.45, 2.75) is 57.5 Å². The molecule has 0 unspecified atom stereocenters. The number of hydrogen-bond donors (Lipinski definition) is 0. The zero-order valence-corrected chi connectivity index (χ0v) is 11.2. The van der Waals surface area contributed by atoms with Gasteiger partial charge in [0.15, 0.2) is 18.2 Å². The minimum Gasteiger partial charge on any atom is -0.433 e. The highest BCUT2D eigenvalue weighted by atomic mass is 16.9. The van der Waals surface area contributed by atoms with E-state index in [1.807, 2.05) is 13.8 Å². The number of ether oxygens (including phenoxy) is 6. The van der Waals surface area contributed by atoms with Crippen LogP contribution in [0.1, 0.15) is 20.8 Å². The van der Waals surface area contributed by atoms with E-state index in [0.29, 0.717) is 13.2 Å². The van der Waals surface area contributed by atoms with E-state index in [-0.39, 0.29) is 12.2 Å². The summed E-state index contributed by atoms with van der Waals surface area (Å²) in [5.74, 6) is -1.12. The Morgan fingerprint density at radius 1 is 1.11 bits per heavy atom. The second kappa shape index (κ2) is 4.68. The van der Waals surface area contributed by atoms with Crippen LogP contribution in [0.4, 0.5) is 0 Å². The summed E-state index contributed by atoms with van der Waals surface area (Å²) in [4.78, 5) is 11.1. The predicted molar refractivity (Wildman–Crippen MR) is 59.9 cm³/mol. The van der Waals surface area contributed by atoms with E-state index < -0.39 is 30.4 Å². The van der Waals surface area contributed by atoms with Gasteiger partial charge in [0.05, 0.1) is 13.2 Å². The average molecular weight is 274 g/mol. The third-order valence-corrected chi connectivity index (χ3v) is 3.25. The summed E-state index contributed by atoms with van der Waals surface area (Å²) in [6, 6.07) is 0. The molecule has 3 fully saturated rings.